The molecule has 0 unspecified atom stereocenters. The maximum Gasteiger partial charge on any atom is 0.233 e. The Morgan fingerprint density at radius 2 is 1.79 bits per heavy atom. The molecule has 1 fully saturated rings. The summed E-state index contributed by atoms with van der Waals surface area (Å²) in [4.78, 5) is 35.6. The minimum atomic E-state index is 0.0437. The fraction of sp³-hybridized carbons (Fsp3) is 0.400. The molecule has 1 aromatic carbocycles. The normalized spacial score (nSPS) is 14.3. The van der Waals surface area contributed by atoms with Crippen LogP contribution in [0.4, 0.5) is 17.7 Å². The minimum Gasteiger partial charge on any atom is -0.338 e. The van der Waals surface area contributed by atoms with Gasteiger partial charge in [-0.15, -0.1) is 0 Å². The van der Waals surface area contributed by atoms with Gasteiger partial charge in [-0.3, -0.25) is 9.69 Å². The monoisotopic (exact) mass is 445 g/mol. The minimum absolute atomic E-state index is 0.0437. The molecule has 2 aromatic heterocycles. The van der Waals surface area contributed by atoms with Crippen LogP contribution in [0.5, 0.6) is 0 Å². The Labute approximate surface area is 195 Å². The topological polar surface area (TPSA) is 87.1 Å². The maximum atomic E-state index is 12.7. The van der Waals surface area contributed by atoms with E-state index in [4.69, 9.17) is 0 Å². The molecule has 33 heavy (non-hydrogen) atoms. The van der Waals surface area contributed by atoms with Crippen LogP contribution < -0.4 is 10.2 Å². The number of nitrogens with zero attached hydrogens (tertiary/aromatic N) is 6. The number of anilines is 3. The molecule has 4 rings (SSSR count). The van der Waals surface area contributed by atoms with Crippen molar-refractivity contribution in [3.05, 3.63) is 65.6 Å². The molecule has 1 aliphatic heterocycles. The van der Waals surface area contributed by atoms with Gasteiger partial charge in [0.25, 0.3) is 0 Å². The number of hydrogen-bond acceptors (Lipinski definition) is 8. The first-order chi connectivity index (χ1) is 16.1. The fourth-order valence-corrected chi connectivity index (χ4v) is 3.92. The summed E-state index contributed by atoms with van der Waals surface area (Å²) in [6.07, 6.45) is 3.86. The van der Waals surface area contributed by atoms with E-state index in [1.165, 1.54) is 6.42 Å². The van der Waals surface area contributed by atoms with E-state index in [0.717, 1.165) is 44.1 Å². The molecule has 1 saturated heterocycles. The van der Waals surface area contributed by atoms with E-state index in [9.17, 15) is 4.79 Å². The molecule has 0 saturated carbocycles. The predicted molar refractivity (Wildman–Crippen MR) is 130 cm³/mol. The quantitative estimate of drug-likeness (QED) is 0.501. The summed E-state index contributed by atoms with van der Waals surface area (Å²) >= 11 is 0. The van der Waals surface area contributed by atoms with Gasteiger partial charge in [-0.25, -0.2) is 4.98 Å². The molecular formula is C25H31N7O. The third-order valence-electron chi connectivity index (χ3n) is 5.71. The van der Waals surface area contributed by atoms with E-state index < -0.39 is 0 Å². The Balaban J connectivity index is 1.48. The summed E-state index contributed by atoms with van der Waals surface area (Å²) in [5, 5.41) is 3.18. The number of nitrogens with one attached hydrogen (secondary N) is 1. The highest BCUT2D eigenvalue weighted by atomic mass is 16.1. The summed E-state index contributed by atoms with van der Waals surface area (Å²) in [6.45, 7) is 9.19. The lowest BCUT2D eigenvalue weighted by Crippen LogP contribution is -2.47. The van der Waals surface area contributed by atoms with E-state index in [1.807, 2.05) is 37.3 Å². The smallest absolute Gasteiger partial charge is 0.233 e. The summed E-state index contributed by atoms with van der Waals surface area (Å²) < 4.78 is 0. The van der Waals surface area contributed by atoms with Gasteiger partial charge in [0.05, 0.1) is 0 Å². The van der Waals surface area contributed by atoms with Crippen molar-refractivity contribution in [3.63, 3.8) is 0 Å². The largest absolute Gasteiger partial charge is 0.338 e. The highest BCUT2D eigenvalue weighted by Crippen LogP contribution is 2.18. The number of pyridine rings is 1. The number of benzene rings is 1. The van der Waals surface area contributed by atoms with E-state index in [0.29, 0.717) is 36.1 Å². The standard InChI is InChI=1S/C25H31N7O/c1-3-12-31-13-15-32(16-14-31)25-29-22(4-2)27-24(30-25)28-23-18-20(10-11-26-23)21(33)17-19-8-6-5-7-9-19/h5-11,18H,3-4,12-17H2,1-2H3,(H,26,27,28,29,30). The first-order valence-electron chi connectivity index (χ1n) is 11.7. The molecule has 1 N–H and O–H groups in total. The molecule has 8 nitrogen and oxygen atoms in total. The number of ketones is 1. The van der Waals surface area contributed by atoms with Crippen molar-refractivity contribution in [2.45, 2.75) is 33.1 Å². The highest BCUT2D eigenvalue weighted by molar-refractivity contribution is 5.98. The van der Waals surface area contributed by atoms with Gasteiger partial charge in [0, 0.05) is 50.8 Å². The molecule has 3 heterocycles. The van der Waals surface area contributed by atoms with Crippen molar-refractivity contribution >= 4 is 23.5 Å². The zero-order valence-corrected chi connectivity index (χ0v) is 19.4. The van der Waals surface area contributed by atoms with Crippen LogP contribution >= 0.6 is 0 Å². The Bertz CT molecular complexity index is 1070. The average molecular weight is 446 g/mol. The Morgan fingerprint density at radius 1 is 1.00 bits per heavy atom. The molecule has 172 valence electrons. The van der Waals surface area contributed by atoms with E-state index >= 15 is 0 Å². The Kier molecular flexibility index (Phi) is 7.57. The molecule has 0 spiro atoms. The van der Waals surface area contributed by atoms with Crippen molar-refractivity contribution in [3.8, 4) is 0 Å². The first kappa shape index (κ1) is 22.8. The number of hydrogen-bond donors (Lipinski definition) is 1. The molecule has 0 atom stereocenters. The zero-order chi connectivity index (χ0) is 23.0. The van der Waals surface area contributed by atoms with E-state index in [2.05, 4.69) is 42.0 Å². The molecule has 1 aliphatic rings. The van der Waals surface area contributed by atoms with Crippen molar-refractivity contribution in [1.29, 1.82) is 0 Å². The number of carbonyl (C=O) groups excluding carboxylic acids is 1. The maximum absolute atomic E-state index is 12.7. The number of aryl methyl sites for hydroxylation is 1. The van der Waals surface area contributed by atoms with Crippen LogP contribution in [-0.2, 0) is 12.8 Å². The second-order valence-electron chi connectivity index (χ2n) is 8.20. The van der Waals surface area contributed by atoms with Gasteiger partial charge in [-0.1, -0.05) is 44.2 Å². The Morgan fingerprint density at radius 3 is 2.52 bits per heavy atom. The summed E-state index contributed by atoms with van der Waals surface area (Å²) in [7, 11) is 0. The fourth-order valence-electron chi connectivity index (χ4n) is 3.92. The average Bonchev–Trinajstić information content (AvgIpc) is 2.85. The van der Waals surface area contributed by atoms with E-state index in [1.54, 1.807) is 18.3 Å². The van der Waals surface area contributed by atoms with Crippen molar-refractivity contribution in [1.82, 2.24) is 24.8 Å². The van der Waals surface area contributed by atoms with Crippen molar-refractivity contribution in [2.75, 3.05) is 42.9 Å². The number of aromatic nitrogens is 4. The molecular weight excluding hydrogens is 414 g/mol. The van der Waals surface area contributed by atoms with Gasteiger partial charge in [0.2, 0.25) is 11.9 Å². The van der Waals surface area contributed by atoms with Gasteiger partial charge >= 0.3 is 0 Å². The third-order valence-corrected chi connectivity index (χ3v) is 5.71. The van der Waals surface area contributed by atoms with Crippen molar-refractivity contribution < 1.29 is 4.79 Å². The van der Waals surface area contributed by atoms with Gasteiger partial charge < -0.3 is 10.2 Å². The van der Waals surface area contributed by atoms with Gasteiger partial charge in [0.15, 0.2) is 5.78 Å². The lowest BCUT2D eigenvalue weighted by molar-refractivity contribution is 0.0993. The third kappa shape index (κ3) is 6.10. The van der Waals surface area contributed by atoms with Gasteiger partial charge in [-0.2, -0.15) is 15.0 Å². The van der Waals surface area contributed by atoms with Crippen LogP contribution in [0.3, 0.4) is 0 Å². The van der Waals surface area contributed by atoms with Crippen LogP contribution in [0.25, 0.3) is 0 Å². The van der Waals surface area contributed by atoms with Crippen LogP contribution in [0.1, 0.15) is 42.0 Å². The molecule has 0 aliphatic carbocycles. The lowest BCUT2D eigenvalue weighted by Gasteiger charge is -2.34. The number of rotatable bonds is 9. The Hall–Kier alpha value is -3.39. The summed E-state index contributed by atoms with van der Waals surface area (Å²) in [5.74, 6) is 2.46. The van der Waals surface area contributed by atoms with Crippen LogP contribution in [0.2, 0.25) is 0 Å². The van der Waals surface area contributed by atoms with Gasteiger partial charge in [-0.05, 0) is 30.7 Å². The lowest BCUT2D eigenvalue weighted by atomic mass is 10.0. The zero-order valence-electron chi connectivity index (χ0n) is 19.4. The predicted octanol–water partition coefficient (Wildman–Crippen LogP) is 3.53. The number of Topliss-reactive ketones (excluding diaryl/α,β-unsaturated/α-hetero) is 1. The van der Waals surface area contributed by atoms with Crippen LogP contribution in [-0.4, -0.2) is 63.3 Å². The SMILES string of the molecule is CCCN1CCN(c2nc(CC)nc(Nc3cc(C(=O)Cc4ccccc4)ccn3)n2)CC1. The van der Waals surface area contributed by atoms with Crippen molar-refractivity contribution in [2.24, 2.45) is 0 Å². The van der Waals surface area contributed by atoms with E-state index in [-0.39, 0.29) is 5.78 Å². The molecule has 8 heteroatoms. The highest BCUT2D eigenvalue weighted by Gasteiger charge is 2.20. The number of piperazine rings is 1. The second kappa shape index (κ2) is 11.0. The molecule has 0 amide bonds. The van der Waals surface area contributed by atoms with Crippen LogP contribution in [0.15, 0.2) is 48.7 Å². The van der Waals surface area contributed by atoms with Gasteiger partial charge in [0.1, 0.15) is 11.6 Å². The summed E-state index contributed by atoms with van der Waals surface area (Å²) in [6, 6.07) is 13.2. The van der Waals surface area contributed by atoms with Crippen LogP contribution in [0, 0.1) is 0 Å². The summed E-state index contributed by atoms with van der Waals surface area (Å²) in [5.41, 5.74) is 1.59. The molecule has 3 aromatic rings. The molecule has 0 bridgehead atoms. The second-order valence-corrected chi connectivity index (χ2v) is 8.20. The first-order valence-corrected chi connectivity index (χ1v) is 11.7. The molecule has 0 radical (unpaired) electrons. The number of carbonyl (C=O) groups is 1.